The van der Waals surface area contributed by atoms with Gasteiger partial charge in [-0.05, 0) is 66.4 Å². The van der Waals surface area contributed by atoms with Gasteiger partial charge in [0.15, 0.2) is 5.76 Å². The zero-order valence-electron chi connectivity index (χ0n) is 20.6. The van der Waals surface area contributed by atoms with Crippen LogP contribution < -0.4 is 10.1 Å². The molecule has 0 spiro atoms. The Bertz CT molecular complexity index is 1230. The average molecular weight is 479 g/mol. The van der Waals surface area contributed by atoms with Crippen molar-refractivity contribution in [3.8, 4) is 5.75 Å². The molecular formula is C28H31FN2O4. The molecule has 3 aromatic rings. The van der Waals surface area contributed by atoms with Crippen LogP contribution in [0.3, 0.4) is 0 Å². The van der Waals surface area contributed by atoms with E-state index in [0.29, 0.717) is 31.0 Å². The number of hydrogen-bond acceptors (Lipinski definition) is 4. The number of rotatable bonds is 6. The molecule has 2 amide bonds. The molecule has 2 heterocycles. The predicted octanol–water partition coefficient (Wildman–Crippen LogP) is 5.27. The van der Waals surface area contributed by atoms with E-state index in [2.05, 4.69) is 5.32 Å². The van der Waals surface area contributed by atoms with Crippen LogP contribution in [0.1, 0.15) is 66.7 Å². The minimum atomic E-state index is -0.571. The number of furan rings is 1. The van der Waals surface area contributed by atoms with Crippen LogP contribution in [-0.2, 0) is 17.8 Å². The summed E-state index contributed by atoms with van der Waals surface area (Å²) >= 11 is 0. The van der Waals surface area contributed by atoms with Gasteiger partial charge in [0.05, 0.1) is 6.04 Å². The largest absolute Gasteiger partial charge is 0.486 e. The molecule has 1 aliphatic heterocycles. The molecule has 1 N–H and O–H groups in total. The third-order valence-corrected chi connectivity index (χ3v) is 6.02. The SMILES string of the molecule is CCNC(=O)c1ccc(COc2ccc3c(c2)[C@H](c2cccc(F)c2)N(C(=O)C(C)(C)C)CC3)o1. The molecule has 0 bridgehead atoms. The van der Waals surface area contributed by atoms with Crippen LogP contribution in [0, 0.1) is 11.2 Å². The Morgan fingerprint density at radius 2 is 1.94 bits per heavy atom. The molecule has 0 saturated heterocycles. The first-order chi connectivity index (χ1) is 16.7. The molecule has 0 aliphatic carbocycles. The number of halogens is 1. The predicted molar refractivity (Wildman–Crippen MR) is 131 cm³/mol. The van der Waals surface area contributed by atoms with Gasteiger partial charge >= 0.3 is 0 Å². The summed E-state index contributed by atoms with van der Waals surface area (Å²) in [6.07, 6.45) is 0.706. The van der Waals surface area contributed by atoms with E-state index in [9.17, 15) is 14.0 Å². The van der Waals surface area contributed by atoms with Crippen molar-refractivity contribution in [1.82, 2.24) is 10.2 Å². The van der Waals surface area contributed by atoms with Gasteiger partial charge in [-0.25, -0.2) is 4.39 Å². The molecular weight excluding hydrogens is 447 g/mol. The van der Waals surface area contributed by atoms with E-state index >= 15 is 0 Å². The Labute approximate surface area is 205 Å². The molecule has 2 aromatic carbocycles. The summed E-state index contributed by atoms with van der Waals surface area (Å²) < 4.78 is 25.8. The second-order valence-corrected chi connectivity index (χ2v) is 9.73. The van der Waals surface area contributed by atoms with Gasteiger partial charge in [0.1, 0.15) is 23.9 Å². The highest BCUT2D eigenvalue weighted by atomic mass is 19.1. The highest BCUT2D eigenvalue weighted by Crippen LogP contribution is 2.39. The third kappa shape index (κ3) is 5.39. The highest BCUT2D eigenvalue weighted by molar-refractivity contribution is 5.91. The number of hydrogen-bond donors (Lipinski definition) is 1. The van der Waals surface area contributed by atoms with E-state index in [1.54, 1.807) is 18.2 Å². The van der Waals surface area contributed by atoms with Crippen molar-refractivity contribution in [2.24, 2.45) is 5.41 Å². The molecule has 0 unspecified atom stereocenters. The zero-order chi connectivity index (χ0) is 25.2. The molecule has 1 atom stereocenters. The Balaban J connectivity index is 1.63. The van der Waals surface area contributed by atoms with E-state index in [0.717, 1.165) is 16.7 Å². The maximum absolute atomic E-state index is 14.2. The fourth-order valence-electron chi connectivity index (χ4n) is 4.35. The first kappa shape index (κ1) is 24.5. The Morgan fingerprint density at radius 1 is 1.14 bits per heavy atom. The van der Waals surface area contributed by atoms with Gasteiger partial charge in [-0.15, -0.1) is 0 Å². The van der Waals surface area contributed by atoms with Gasteiger partial charge in [0.2, 0.25) is 5.91 Å². The summed E-state index contributed by atoms with van der Waals surface area (Å²) in [4.78, 5) is 27.1. The number of fused-ring (bicyclic) bond motifs is 1. The fraction of sp³-hybridized carbons (Fsp3) is 0.357. The van der Waals surface area contributed by atoms with Gasteiger partial charge in [-0.3, -0.25) is 9.59 Å². The molecule has 7 heteroatoms. The van der Waals surface area contributed by atoms with Crippen LogP contribution in [0.15, 0.2) is 59.0 Å². The summed E-state index contributed by atoms with van der Waals surface area (Å²) in [5.41, 5.74) is 2.16. The van der Waals surface area contributed by atoms with Crippen LogP contribution in [-0.4, -0.2) is 29.8 Å². The van der Waals surface area contributed by atoms with Crippen molar-refractivity contribution in [1.29, 1.82) is 0 Å². The smallest absolute Gasteiger partial charge is 0.286 e. The number of carbonyl (C=O) groups is 2. The van der Waals surface area contributed by atoms with Gasteiger partial charge < -0.3 is 19.4 Å². The van der Waals surface area contributed by atoms with Crippen molar-refractivity contribution in [3.05, 3.63) is 88.6 Å². The van der Waals surface area contributed by atoms with Gasteiger partial charge in [0, 0.05) is 18.5 Å². The first-order valence-electron chi connectivity index (χ1n) is 11.9. The number of nitrogens with one attached hydrogen (secondary N) is 1. The average Bonchev–Trinajstić information content (AvgIpc) is 3.30. The molecule has 0 radical (unpaired) electrons. The quantitative estimate of drug-likeness (QED) is 0.524. The standard InChI is InChI=1S/C28H31FN2O4/c1-5-30-26(32)24-12-11-22(35-24)17-34-21-10-9-18-13-14-31(27(33)28(2,3)4)25(23(18)16-21)19-7-6-8-20(29)15-19/h6-12,15-16,25H,5,13-14,17H2,1-4H3,(H,30,32)/t25-/m0/s1. The Kier molecular flexibility index (Phi) is 6.96. The lowest BCUT2D eigenvalue weighted by molar-refractivity contribution is -0.141. The number of carbonyl (C=O) groups excluding carboxylic acids is 2. The van der Waals surface area contributed by atoms with Gasteiger partial charge in [-0.2, -0.15) is 0 Å². The number of benzene rings is 2. The Hall–Kier alpha value is -3.61. The van der Waals surface area contributed by atoms with Crippen LogP contribution in [0.25, 0.3) is 0 Å². The lowest BCUT2D eigenvalue weighted by Gasteiger charge is -2.41. The lowest BCUT2D eigenvalue weighted by atomic mass is 9.85. The first-order valence-corrected chi connectivity index (χ1v) is 11.9. The second-order valence-electron chi connectivity index (χ2n) is 9.73. The molecule has 1 aromatic heterocycles. The van der Waals surface area contributed by atoms with Crippen LogP contribution in [0.2, 0.25) is 0 Å². The molecule has 0 fully saturated rings. The van der Waals surface area contributed by atoms with Crippen molar-refractivity contribution < 1.29 is 23.1 Å². The van der Waals surface area contributed by atoms with E-state index < -0.39 is 11.5 Å². The summed E-state index contributed by atoms with van der Waals surface area (Å²) in [6.45, 7) is 8.74. The maximum Gasteiger partial charge on any atom is 0.286 e. The molecule has 35 heavy (non-hydrogen) atoms. The Morgan fingerprint density at radius 3 is 2.66 bits per heavy atom. The van der Waals surface area contributed by atoms with E-state index in [1.807, 2.05) is 56.9 Å². The van der Waals surface area contributed by atoms with E-state index in [-0.39, 0.29) is 30.0 Å². The molecule has 1 aliphatic rings. The molecule has 4 rings (SSSR count). The summed E-state index contributed by atoms with van der Waals surface area (Å²) in [5, 5.41) is 2.70. The topological polar surface area (TPSA) is 71.8 Å². The highest BCUT2D eigenvalue weighted by Gasteiger charge is 2.37. The molecule has 184 valence electrons. The minimum absolute atomic E-state index is 0.0113. The number of nitrogens with zero attached hydrogens (tertiary/aromatic N) is 1. The van der Waals surface area contributed by atoms with Crippen LogP contribution in [0.4, 0.5) is 4.39 Å². The van der Waals surface area contributed by atoms with Crippen LogP contribution in [0.5, 0.6) is 5.75 Å². The fourth-order valence-corrected chi connectivity index (χ4v) is 4.35. The summed E-state index contributed by atoms with van der Waals surface area (Å²) in [5.74, 6) is 0.761. The maximum atomic E-state index is 14.2. The van der Waals surface area contributed by atoms with Crippen LogP contribution >= 0.6 is 0 Å². The van der Waals surface area contributed by atoms with E-state index in [1.165, 1.54) is 12.1 Å². The summed E-state index contributed by atoms with van der Waals surface area (Å²) in [7, 11) is 0. The normalized spacial score (nSPS) is 15.5. The van der Waals surface area contributed by atoms with Crippen molar-refractivity contribution in [2.45, 2.75) is 46.8 Å². The van der Waals surface area contributed by atoms with E-state index in [4.69, 9.17) is 9.15 Å². The van der Waals surface area contributed by atoms with Gasteiger partial charge in [0.25, 0.3) is 5.91 Å². The summed E-state index contributed by atoms with van der Waals surface area (Å²) in [6, 6.07) is 15.1. The van der Waals surface area contributed by atoms with Crippen molar-refractivity contribution in [3.63, 3.8) is 0 Å². The molecule has 0 saturated carbocycles. The van der Waals surface area contributed by atoms with Gasteiger partial charge in [-0.1, -0.05) is 39.0 Å². The van der Waals surface area contributed by atoms with Crippen molar-refractivity contribution in [2.75, 3.05) is 13.1 Å². The lowest BCUT2D eigenvalue weighted by Crippen LogP contribution is -2.45. The zero-order valence-corrected chi connectivity index (χ0v) is 20.6. The minimum Gasteiger partial charge on any atom is -0.486 e. The molecule has 6 nitrogen and oxygen atoms in total. The second kappa shape index (κ2) is 9.94. The number of ether oxygens (including phenoxy) is 1. The number of amides is 2. The van der Waals surface area contributed by atoms with Crippen molar-refractivity contribution >= 4 is 11.8 Å². The third-order valence-electron chi connectivity index (χ3n) is 6.02. The monoisotopic (exact) mass is 478 g/mol.